The fourth-order valence-electron chi connectivity index (χ4n) is 5.36. The zero-order valence-electron chi connectivity index (χ0n) is 29.0. The van der Waals surface area contributed by atoms with Gasteiger partial charge in [-0.2, -0.15) is 0 Å². The Balaban J connectivity index is 0.000000171. The van der Waals surface area contributed by atoms with E-state index in [0.29, 0.717) is 0 Å². The van der Waals surface area contributed by atoms with E-state index >= 15 is 0 Å². The minimum atomic E-state index is 0.850. The van der Waals surface area contributed by atoms with Crippen molar-refractivity contribution >= 4 is 57.1 Å². The number of fused-ring (bicyclic) bond motifs is 2. The maximum Gasteiger partial charge on any atom is 0.118 e. The number of methoxy groups -OCH3 is 1. The number of ether oxygens (including phenoxy) is 1. The molecule has 8 rings (SSSR count). The minimum Gasteiger partial charge on any atom is -0.497 e. The van der Waals surface area contributed by atoms with Crippen LogP contribution < -0.4 is 14.2 Å². The lowest BCUT2D eigenvalue weighted by molar-refractivity contribution is 0.414. The van der Waals surface area contributed by atoms with Gasteiger partial charge >= 0.3 is 0 Å². The van der Waals surface area contributed by atoms with Gasteiger partial charge in [0.1, 0.15) is 5.75 Å². The molecule has 258 valence electrons. The average Bonchev–Trinajstić information content (AvgIpc) is 3.24. The van der Waals surface area contributed by atoms with Gasteiger partial charge in [0.2, 0.25) is 0 Å². The van der Waals surface area contributed by atoms with Crippen molar-refractivity contribution in [2.45, 2.75) is 23.6 Å². The molecule has 0 aliphatic carbocycles. The van der Waals surface area contributed by atoms with Gasteiger partial charge in [0.05, 0.1) is 29.5 Å². The van der Waals surface area contributed by atoms with Gasteiger partial charge in [-0.05, 0) is 131 Å². The van der Waals surface area contributed by atoms with Gasteiger partial charge in [-0.3, -0.25) is 24.9 Å². The second-order valence-corrected chi connectivity index (χ2v) is 12.6. The molecule has 0 aliphatic heterocycles. The molecule has 0 radical (unpaired) electrons. The highest BCUT2D eigenvalue weighted by Gasteiger charge is 2.10. The van der Waals surface area contributed by atoms with E-state index in [-0.39, 0.29) is 0 Å². The Labute approximate surface area is 312 Å². The Morgan fingerprint density at radius 2 is 0.981 bits per heavy atom. The Morgan fingerprint density at radius 3 is 1.46 bits per heavy atom. The third-order valence-electron chi connectivity index (χ3n) is 7.77. The summed E-state index contributed by atoms with van der Waals surface area (Å²) >= 11 is 3.08. The third kappa shape index (κ3) is 8.84. The van der Waals surface area contributed by atoms with Crippen molar-refractivity contribution in [1.82, 2.24) is 24.9 Å². The predicted octanol–water partition coefficient (Wildman–Crippen LogP) is 11.3. The van der Waals surface area contributed by atoms with E-state index in [1.54, 1.807) is 25.3 Å². The van der Waals surface area contributed by atoms with Crippen LogP contribution in [0, 0.1) is 0 Å². The van der Waals surface area contributed by atoms with Crippen LogP contribution in [0.25, 0.3) is 44.1 Å². The van der Waals surface area contributed by atoms with Crippen molar-refractivity contribution in [3.05, 3.63) is 159 Å². The monoisotopic (exact) mass is 719 g/mol. The SMILES string of the molecule is CC.COc1ccc(SNc2ccc(-c3ccncc3)c3cccnc23)cc1.c1cncc(SNc2ccc(-c3ccncc3)c3cccnc23)c1. The van der Waals surface area contributed by atoms with E-state index in [2.05, 4.69) is 70.8 Å². The molecule has 0 spiro atoms. The van der Waals surface area contributed by atoms with E-state index in [1.165, 1.54) is 11.9 Å². The molecular weight excluding hydrogens is 683 g/mol. The molecule has 0 aliphatic rings. The maximum absolute atomic E-state index is 5.20. The van der Waals surface area contributed by atoms with Crippen molar-refractivity contribution in [3.8, 4) is 28.0 Å². The van der Waals surface area contributed by atoms with Crippen LogP contribution in [0.2, 0.25) is 0 Å². The van der Waals surface area contributed by atoms with Crippen LogP contribution in [0.4, 0.5) is 11.4 Å². The summed E-state index contributed by atoms with van der Waals surface area (Å²) in [6.45, 7) is 4.00. The van der Waals surface area contributed by atoms with E-state index in [9.17, 15) is 0 Å². The van der Waals surface area contributed by atoms with Gasteiger partial charge in [-0.15, -0.1) is 0 Å². The van der Waals surface area contributed by atoms with Crippen molar-refractivity contribution in [2.75, 3.05) is 16.6 Å². The van der Waals surface area contributed by atoms with E-state index in [1.807, 2.05) is 130 Å². The first-order valence-corrected chi connectivity index (χ1v) is 18.4. The second-order valence-electron chi connectivity index (χ2n) is 10.9. The molecular formula is C42H37N7OS2. The topological polar surface area (TPSA) is 97.7 Å². The number of benzene rings is 3. The van der Waals surface area contributed by atoms with Crippen molar-refractivity contribution < 1.29 is 4.74 Å². The summed E-state index contributed by atoms with van der Waals surface area (Å²) in [5, 5.41) is 2.22. The fraction of sp³-hybridized carbons (Fsp3) is 0.0714. The summed E-state index contributed by atoms with van der Waals surface area (Å²) in [7, 11) is 1.67. The summed E-state index contributed by atoms with van der Waals surface area (Å²) in [6, 6.07) is 36.4. The van der Waals surface area contributed by atoms with Crippen LogP contribution in [0.15, 0.2) is 169 Å². The first kappa shape index (κ1) is 35.8. The summed E-state index contributed by atoms with van der Waals surface area (Å²) < 4.78 is 12.0. The number of rotatable bonds is 9. The smallest absolute Gasteiger partial charge is 0.118 e. The summed E-state index contributed by atoms with van der Waals surface area (Å²) in [5.74, 6) is 0.850. The molecule has 2 N–H and O–H groups in total. The number of hydrogen-bond acceptors (Lipinski definition) is 10. The van der Waals surface area contributed by atoms with E-state index in [0.717, 1.165) is 71.0 Å². The molecule has 0 saturated carbocycles. The number of hydrogen-bond donors (Lipinski definition) is 2. The lowest BCUT2D eigenvalue weighted by atomic mass is 10.0. The quantitative estimate of drug-likeness (QED) is 0.140. The molecule has 0 bridgehead atoms. The van der Waals surface area contributed by atoms with Crippen molar-refractivity contribution in [1.29, 1.82) is 0 Å². The molecule has 52 heavy (non-hydrogen) atoms. The molecule has 0 atom stereocenters. The number of aromatic nitrogens is 5. The van der Waals surface area contributed by atoms with Crippen LogP contribution in [-0.4, -0.2) is 32.0 Å². The molecule has 0 fully saturated rings. The standard InChI is InChI=1S/C21H17N3OS.C19H14N4S.C2H6/c1-25-16-4-6-17(7-5-16)26-24-20-9-8-18(15-10-13-22-14-11-15)19-3-2-12-23-21(19)20;1-3-15(13-21-9-1)24-23-18-6-5-16(14-7-11-20-12-8-14)17-4-2-10-22-19(17)18;1-2/h2-14,24H,1H3;1-13,23H;1-2H3. The predicted molar refractivity (Wildman–Crippen MR) is 217 cm³/mol. The zero-order chi connectivity index (χ0) is 36.0. The van der Waals surface area contributed by atoms with Crippen LogP contribution in [0.5, 0.6) is 5.75 Å². The Bertz CT molecular complexity index is 2310. The first-order chi connectivity index (χ1) is 25.8. The van der Waals surface area contributed by atoms with Crippen LogP contribution in [0.3, 0.4) is 0 Å². The molecule has 5 heterocycles. The third-order valence-corrected chi connectivity index (χ3v) is 9.40. The molecule has 10 heteroatoms. The largest absolute Gasteiger partial charge is 0.497 e. The molecule has 3 aromatic carbocycles. The maximum atomic E-state index is 5.20. The highest BCUT2D eigenvalue weighted by atomic mass is 32.2. The lowest BCUT2D eigenvalue weighted by Crippen LogP contribution is -1.92. The number of anilines is 2. The Kier molecular flexibility index (Phi) is 12.6. The number of pyridine rings is 5. The summed E-state index contributed by atoms with van der Waals surface area (Å²) in [5.41, 5.74) is 8.43. The van der Waals surface area contributed by atoms with Crippen molar-refractivity contribution in [3.63, 3.8) is 0 Å². The molecule has 0 saturated heterocycles. The number of nitrogens with zero attached hydrogens (tertiary/aromatic N) is 5. The number of nitrogens with one attached hydrogen (secondary N) is 2. The highest BCUT2D eigenvalue weighted by molar-refractivity contribution is 8.00. The van der Waals surface area contributed by atoms with E-state index < -0.39 is 0 Å². The first-order valence-electron chi connectivity index (χ1n) is 16.7. The Morgan fingerprint density at radius 1 is 0.481 bits per heavy atom. The Hall–Kier alpha value is -5.97. The van der Waals surface area contributed by atoms with Crippen LogP contribution >= 0.6 is 23.9 Å². The van der Waals surface area contributed by atoms with Gasteiger partial charge in [-0.25, -0.2) is 0 Å². The zero-order valence-corrected chi connectivity index (χ0v) is 30.6. The fourth-order valence-corrected chi connectivity index (χ4v) is 6.67. The van der Waals surface area contributed by atoms with Gasteiger partial charge < -0.3 is 14.2 Å². The molecule has 8 nitrogen and oxygen atoms in total. The normalized spacial score (nSPS) is 10.4. The van der Waals surface area contributed by atoms with Gasteiger partial charge in [0.15, 0.2) is 0 Å². The molecule has 0 unspecified atom stereocenters. The summed E-state index contributed by atoms with van der Waals surface area (Å²) in [6.07, 6.45) is 14.5. The molecule has 5 aromatic heterocycles. The average molecular weight is 720 g/mol. The van der Waals surface area contributed by atoms with Crippen LogP contribution in [0.1, 0.15) is 13.8 Å². The minimum absolute atomic E-state index is 0.850. The lowest BCUT2D eigenvalue weighted by Gasteiger charge is -2.12. The summed E-state index contributed by atoms with van der Waals surface area (Å²) in [4.78, 5) is 23.7. The van der Waals surface area contributed by atoms with Gasteiger partial charge in [0, 0.05) is 70.1 Å². The van der Waals surface area contributed by atoms with Gasteiger partial charge in [0.25, 0.3) is 0 Å². The second kappa shape index (κ2) is 18.3. The van der Waals surface area contributed by atoms with Crippen LogP contribution in [-0.2, 0) is 0 Å². The van der Waals surface area contributed by atoms with E-state index in [4.69, 9.17) is 4.74 Å². The molecule has 0 amide bonds. The van der Waals surface area contributed by atoms with Gasteiger partial charge in [-0.1, -0.05) is 38.1 Å². The van der Waals surface area contributed by atoms with Crippen molar-refractivity contribution in [2.24, 2.45) is 0 Å². The highest BCUT2D eigenvalue weighted by Crippen LogP contribution is 2.35. The molecule has 8 aromatic rings.